The van der Waals surface area contributed by atoms with E-state index in [1.165, 1.54) is 0 Å². The van der Waals surface area contributed by atoms with Crippen molar-refractivity contribution in [1.82, 2.24) is 4.90 Å². The average molecular weight is 201 g/mol. The highest BCUT2D eigenvalue weighted by Crippen LogP contribution is 2.12. The summed E-state index contributed by atoms with van der Waals surface area (Å²) in [5, 5.41) is 9.26. The van der Waals surface area contributed by atoms with E-state index in [2.05, 4.69) is 0 Å². The summed E-state index contributed by atoms with van der Waals surface area (Å²) < 4.78 is 5.18. The van der Waals surface area contributed by atoms with Crippen molar-refractivity contribution >= 4 is 6.09 Å². The minimum Gasteiger partial charge on any atom is -0.446 e. The van der Waals surface area contributed by atoms with Crippen LogP contribution in [0.5, 0.6) is 0 Å². The molecule has 0 saturated carbocycles. The number of aliphatic hydroxyl groups is 1. The summed E-state index contributed by atoms with van der Waals surface area (Å²) in [5.41, 5.74) is 0. The van der Waals surface area contributed by atoms with Gasteiger partial charge in [0.1, 0.15) is 6.10 Å². The molecular formula is C10H19NO3. The first-order valence-electron chi connectivity index (χ1n) is 5.27. The van der Waals surface area contributed by atoms with Gasteiger partial charge in [-0.3, -0.25) is 0 Å². The topological polar surface area (TPSA) is 49.8 Å². The fourth-order valence-electron chi connectivity index (χ4n) is 1.38. The van der Waals surface area contributed by atoms with Crippen LogP contribution in [-0.2, 0) is 4.74 Å². The van der Waals surface area contributed by atoms with Crippen molar-refractivity contribution in [3.8, 4) is 0 Å². The second-order valence-electron chi connectivity index (χ2n) is 3.82. The van der Waals surface area contributed by atoms with Crippen LogP contribution < -0.4 is 0 Å². The lowest BCUT2D eigenvalue weighted by Gasteiger charge is -2.29. The molecule has 0 aromatic rings. The van der Waals surface area contributed by atoms with E-state index in [1.807, 2.05) is 13.8 Å². The fourth-order valence-corrected chi connectivity index (χ4v) is 1.38. The second-order valence-corrected chi connectivity index (χ2v) is 3.82. The lowest BCUT2D eigenvalue weighted by Crippen LogP contribution is -2.41. The number of carbonyl (C=O) groups is 1. The summed E-state index contributed by atoms with van der Waals surface area (Å²) in [5.74, 6) is 0. The van der Waals surface area contributed by atoms with Crippen LogP contribution in [0, 0.1) is 0 Å². The zero-order valence-electron chi connectivity index (χ0n) is 8.90. The van der Waals surface area contributed by atoms with Crippen molar-refractivity contribution in [2.75, 3.05) is 13.1 Å². The number of aliphatic hydroxyl groups excluding tert-OH is 1. The molecule has 1 rings (SSSR count). The van der Waals surface area contributed by atoms with Gasteiger partial charge in [-0.05, 0) is 26.2 Å². The van der Waals surface area contributed by atoms with Gasteiger partial charge in [-0.1, -0.05) is 6.92 Å². The molecule has 1 saturated heterocycles. The first-order valence-corrected chi connectivity index (χ1v) is 5.27. The molecule has 0 aromatic heterocycles. The molecule has 0 radical (unpaired) electrons. The quantitative estimate of drug-likeness (QED) is 0.734. The molecule has 0 aliphatic carbocycles. The molecule has 1 aliphatic heterocycles. The number of hydrogen-bond acceptors (Lipinski definition) is 3. The van der Waals surface area contributed by atoms with Gasteiger partial charge in [0, 0.05) is 13.1 Å². The highest BCUT2D eigenvalue weighted by molar-refractivity contribution is 5.67. The standard InChI is InChI=1S/C10H19NO3/c1-3-8(2)14-10(13)11-6-4-9(12)5-7-11/h8-9,12H,3-7H2,1-2H3/t8-/m1/s1. The number of amides is 1. The SMILES string of the molecule is CC[C@@H](C)OC(=O)N1CCC(O)CC1. The van der Waals surface area contributed by atoms with Gasteiger partial charge in [-0.25, -0.2) is 4.79 Å². The third kappa shape index (κ3) is 3.18. The molecule has 0 spiro atoms. The Morgan fingerprint density at radius 1 is 1.57 bits per heavy atom. The summed E-state index contributed by atoms with van der Waals surface area (Å²) >= 11 is 0. The number of ether oxygens (including phenoxy) is 1. The lowest BCUT2D eigenvalue weighted by atomic mass is 10.1. The molecule has 0 unspecified atom stereocenters. The number of likely N-dealkylation sites (tertiary alicyclic amines) is 1. The molecule has 1 fully saturated rings. The highest BCUT2D eigenvalue weighted by Gasteiger charge is 2.23. The third-order valence-electron chi connectivity index (χ3n) is 2.60. The summed E-state index contributed by atoms with van der Waals surface area (Å²) in [6.07, 6.45) is 1.65. The van der Waals surface area contributed by atoms with Crippen molar-refractivity contribution in [3.63, 3.8) is 0 Å². The minimum atomic E-state index is -0.248. The van der Waals surface area contributed by atoms with E-state index < -0.39 is 0 Å². The molecule has 14 heavy (non-hydrogen) atoms. The molecule has 1 amide bonds. The van der Waals surface area contributed by atoms with Crippen LogP contribution in [0.4, 0.5) is 4.79 Å². The monoisotopic (exact) mass is 201 g/mol. The van der Waals surface area contributed by atoms with E-state index in [0.717, 1.165) is 6.42 Å². The van der Waals surface area contributed by atoms with E-state index in [4.69, 9.17) is 4.74 Å². The Labute approximate surface area is 84.8 Å². The Bertz CT molecular complexity index is 188. The predicted molar refractivity (Wildman–Crippen MR) is 53.0 cm³/mol. The maximum absolute atomic E-state index is 11.5. The van der Waals surface area contributed by atoms with Gasteiger partial charge in [-0.15, -0.1) is 0 Å². The highest BCUT2D eigenvalue weighted by atomic mass is 16.6. The Morgan fingerprint density at radius 3 is 2.64 bits per heavy atom. The summed E-state index contributed by atoms with van der Waals surface area (Å²) in [6, 6.07) is 0. The van der Waals surface area contributed by atoms with Crippen molar-refractivity contribution in [1.29, 1.82) is 0 Å². The average Bonchev–Trinajstić information content (AvgIpc) is 2.18. The number of rotatable bonds is 2. The minimum absolute atomic E-state index is 0.0191. The maximum Gasteiger partial charge on any atom is 0.410 e. The summed E-state index contributed by atoms with van der Waals surface area (Å²) in [4.78, 5) is 13.2. The van der Waals surface area contributed by atoms with E-state index in [9.17, 15) is 9.90 Å². The predicted octanol–water partition coefficient (Wildman–Crippen LogP) is 1.38. The van der Waals surface area contributed by atoms with Crippen LogP contribution in [0.25, 0.3) is 0 Å². The number of nitrogens with zero attached hydrogens (tertiary/aromatic N) is 1. The van der Waals surface area contributed by atoms with Crippen LogP contribution in [-0.4, -0.2) is 41.4 Å². The summed E-state index contributed by atoms with van der Waals surface area (Å²) in [6.45, 7) is 5.08. The molecule has 0 aromatic carbocycles. The van der Waals surface area contributed by atoms with Gasteiger partial charge in [0.2, 0.25) is 0 Å². The van der Waals surface area contributed by atoms with Crippen molar-refractivity contribution in [2.45, 2.75) is 45.3 Å². The number of carbonyl (C=O) groups excluding carboxylic acids is 1. The first-order chi connectivity index (χ1) is 6.63. The van der Waals surface area contributed by atoms with Crippen molar-refractivity contribution in [3.05, 3.63) is 0 Å². The molecule has 0 bridgehead atoms. The smallest absolute Gasteiger partial charge is 0.410 e. The number of piperidine rings is 1. The normalized spacial score (nSPS) is 20.6. The Morgan fingerprint density at radius 2 is 2.14 bits per heavy atom. The molecule has 82 valence electrons. The van der Waals surface area contributed by atoms with Gasteiger partial charge in [0.25, 0.3) is 0 Å². The zero-order valence-corrected chi connectivity index (χ0v) is 8.90. The molecule has 1 N–H and O–H groups in total. The molecule has 1 aliphatic rings. The van der Waals surface area contributed by atoms with Crippen LogP contribution in [0.3, 0.4) is 0 Å². The van der Waals surface area contributed by atoms with E-state index in [1.54, 1.807) is 4.90 Å². The van der Waals surface area contributed by atoms with Gasteiger partial charge >= 0.3 is 6.09 Å². The Balaban J connectivity index is 2.30. The summed E-state index contributed by atoms with van der Waals surface area (Å²) in [7, 11) is 0. The Kier molecular flexibility index (Phi) is 4.20. The maximum atomic E-state index is 11.5. The van der Waals surface area contributed by atoms with Crippen molar-refractivity contribution in [2.24, 2.45) is 0 Å². The largest absolute Gasteiger partial charge is 0.446 e. The van der Waals surface area contributed by atoms with E-state index >= 15 is 0 Å². The van der Waals surface area contributed by atoms with Crippen LogP contribution >= 0.6 is 0 Å². The molecule has 1 heterocycles. The Hall–Kier alpha value is -0.770. The molecular weight excluding hydrogens is 182 g/mol. The van der Waals surface area contributed by atoms with Gasteiger partial charge < -0.3 is 14.7 Å². The molecule has 4 heteroatoms. The van der Waals surface area contributed by atoms with E-state index in [0.29, 0.717) is 25.9 Å². The molecule has 4 nitrogen and oxygen atoms in total. The third-order valence-corrected chi connectivity index (χ3v) is 2.60. The van der Waals surface area contributed by atoms with Gasteiger partial charge in [0.15, 0.2) is 0 Å². The first kappa shape index (κ1) is 11.3. The van der Waals surface area contributed by atoms with Crippen LogP contribution in [0.2, 0.25) is 0 Å². The zero-order chi connectivity index (χ0) is 10.6. The van der Waals surface area contributed by atoms with Crippen molar-refractivity contribution < 1.29 is 14.6 Å². The molecule has 1 atom stereocenters. The lowest BCUT2D eigenvalue weighted by molar-refractivity contribution is 0.0407. The second kappa shape index (κ2) is 5.20. The van der Waals surface area contributed by atoms with Crippen LogP contribution in [0.1, 0.15) is 33.1 Å². The van der Waals surface area contributed by atoms with Gasteiger partial charge in [-0.2, -0.15) is 0 Å². The van der Waals surface area contributed by atoms with E-state index in [-0.39, 0.29) is 18.3 Å². The number of hydrogen-bond donors (Lipinski definition) is 1. The fraction of sp³-hybridized carbons (Fsp3) is 0.900. The van der Waals surface area contributed by atoms with Crippen LogP contribution in [0.15, 0.2) is 0 Å². The van der Waals surface area contributed by atoms with Gasteiger partial charge in [0.05, 0.1) is 6.10 Å².